The molecule has 1 aromatic carbocycles. The minimum atomic E-state index is -0.537. The first-order chi connectivity index (χ1) is 8.95. The van der Waals surface area contributed by atoms with Crippen molar-refractivity contribution in [3.05, 3.63) is 52.6 Å². The van der Waals surface area contributed by atoms with E-state index in [9.17, 15) is 9.18 Å². The molecule has 1 heterocycles. The van der Waals surface area contributed by atoms with Gasteiger partial charge in [-0.15, -0.1) is 0 Å². The summed E-state index contributed by atoms with van der Waals surface area (Å²) in [7, 11) is 1.29. The molecule has 0 atom stereocenters. The molecule has 0 fully saturated rings. The number of ether oxygens (including phenoxy) is 1. The van der Waals surface area contributed by atoms with E-state index < -0.39 is 11.8 Å². The van der Waals surface area contributed by atoms with Crippen LogP contribution in [-0.4, -0.2) is 17.6 Å². The normalized spacial score (nSPS) is 10.6. The predicted molar refractivity (Wildman–Crippen MR) is 71.3 cm³/mol. The van der Waals surface area contributed by atoms with Gasteiger partial charge >= 0.3 is 5.97 Å². The topological polar surface area (TPSA) is 31.2 Å². The molecule has 2 rings (SSSR count). The highest BCUT2D eigenvalue weighted by Gasteiger charge is 2.19. The Bertz CT molecular complexity index is 624. The monoisotopic (exact) mass is 261 g/mol. The maximum Gasteiger partial charge on any atom is 0.340 e. The van der Waals surface area contributed by atoms with Crippen molar-refractivity contribution in [2.45, 2.75) is 20.8 Å². The Morgan fingerprint density at radius 2 is 1.74 bits per heavy atom. The molecular weight excluding hydrogens is 245 g/mol. The van der Waals surface area contributed by atoms with Gasteiger partial charge < -0.3 is 9.30 Å². The minimum Gasteiger partial charge on any atom is -0.465 e. The van der Waals surface area contributed by atoms with E-state index in [0.29, 0.717) is 11.3 Å². The molecule has 0 N–H and O–H groups in total. The van der Waals surface area contributed by atoms with Crippen molar-refractivity contribution in [2.24, 2.45) is 0 Å². The van der Waals surface area contributed by atoms with Crippen LogP contribution in [0.25, 0.3) is 5.69 Å². The maximum absolute atomic E-state index is 13.5. The molecule has 1 aromatic heterocycles. The van der Waals surface area contributed by atoms with Crippen molar-refractivity contribution in [1.82, 2.24) is 4.57 Å². The Balaban J connectivity index is 2.79. The Hall–Kier alpha value is -2.10. The highest BCUT2D eigenvalue weighted by Crippen LogP contribution is 2.25. The standard InChI is InChI=1S/C15H16FNO2/c1-9-7-12(16)8-13(15(18)19-4)14(9)17-10(2)5-6-11(17)3/h5-8H,1-4H3. The second kappa shape index (κ2) is 4.88. The van der Waals surface area contributed by atoms with Gasteiger partial charge in [0.05, 0.1) is 18.4 Å². The van der Waals surface area contributed by atoms with Crippen LogP contribution in [0.3, 0.4) is 0 Å². The first kappa shape index (κ1) is 13.3. The molecule has 100 valence electrons. The van der Waals surface area contributed by atoms with Crippen molar-refractivity contribution in [3.63, 3.8) is 0 Å². The minimum absolute atomic E-state index is 0.238. The van der Waals surface area contributed by atoms with Gasteiger partial charge in [-0.2, -0.15) is 0 Å². The molecular formula is C15H16FNO2. The molecule has 0 aliphatic carbocycles. The van der Waals surface area contributed by atoms with E-state index in [1.54, 1.807) is 6.92 Å². The zero-order chi connectivity index (χ0) is 14.2. The summed E-state index contributed by atoms with van der Waals surface area (Å²) in [5, 5.41) is 0. The predicted octanol–water partition coefficient (Wildman–Crippen LogP) is 3.33. The van der Waals surface area contributed by atoms with Crippen LogP contribution in [0.15, 0.2) is 24.3 Å². The molecule has 19 heavy (non-hydrogen) atoms. The number of aryl methyl sites for hydroxylation is 3. The molecule has 0 unspecified atom stereocenters. The Labute approximate surface area is 111 Å². The second-order valence-electron chi connectivity index (χ2n) is 4.56. The first-order valence-electron chi connectivity index (χ1n) is 5.99. The quantitative estimate of drug-likeness (QED) is 0.776. The number of aromatic nitrogens is 1. The van der Waals surface area contributed by atoms with Crippen LogP contribution < -0.4 is 0 Å². The third-order valence-corrected chi connectivity index (χ3v) is 3.17. The van der Waals surface area contributed by atoms with Crippen molar-refractivity contribution < 1.29 is 13.9 Å². The molecule has 3 nitrogen and oxygen atoms in total. The maximum atomic E-state index is 13.5. The summed E-state index contributed by atoms with van der Waals surface area (Å²) in [5.74, 6) is -0.978. The molecule has 0 spiro atoms. The van der Waals surface area contributed by atoms with Crippen molar-refractivity contribution in [2.75, 3.05) is 7.11 Å². The molecule has 4 heteroatoms. The average molecular weight is 261 g/mol. The number of halogens is 1. The summed E-state index contributed by atoms with van der Waals surface area (Å²) in [6, 6.07) is 6.55. The molecule has 0 saturated carbocycles. The van der Waals surface area contributed by atoms with E-state index in [-0.39, 0.29) is 5.56 Å². The van der Waals surface area contributed by atoms with Crippen LogP contribution in [0.2, 0.25) is 0 Å². The Kier molecular flexibility index (Phi) is 3.42. The summed E-state index contributed by atoms with van der Waals surface area (Å²) in [6.07, 6.45) is 0. The summed E-state index contributed by atoms with van der Waals surface area (Å²) >= 11 is 0. The number of carbonyl (C=O) groups is 1. The van der Waals surface area contributed by atoms with Crippen molar-refractivity contribution in [1.29, 1.82) is 0 Å². The van der Waals surface area contributed by atoms with E-state index >= 15 is 0 Å². The van der Waals surface area contributed by atoms with Crippen LogP contribution in [0.1, 0.15) is 27.3 Å². The van der Waals surface area contributed by atoms with Gasteiger partial charge in [-0.25, -0.2) is 9.18 Å². The van der Waals surface area contributed by atoms with Gasteiger partial charge in [0.15, 0.2) is 0 Å². The lowest BCUT2D eigenvalue weighted by Crippen LogP contribution is -2.12. The summed E-state index contributed by atoms with van der Waals surface area (Å²) in [5.41, 5.74) is 3.58. The van der Waals surface area contributed by atoms with Crippen LogP contribution in [-0.2, 0) is 4.74 Å². The van der Waals surface area contributed by atoms with Crippen LogP contribution >= 0.6 is 0 Å². The summed E-state index contributed by atoms with van der Waals surface area (Å²) in [4.78, 5) is 11.9. The largest absolute Gasteiger partial charge is 0.465 e. The number of rotatable bonds is 2. The molecule has 0 aliphatic rings. The average Bonchev–Trinajstić information content (AvgIpc) is 2.68. The van der Waals surface area contributed by atoms with E-state index in [1.807, 2.05) is 30.5 Å². The Morgan fingerprint density at radius 3 is 2.26 bits per heavy atom. The lowest BCUT2D eigenvalue weighted by Gasteiger charge is -2.16. The summed E-state index contributed by atoms with van der Waals surface area (Å²) < 4.78 is 20.2. The highest BCUT2D eigenvalue weighted by atomic mass is 19.1. The molecule has 0 radical (unpaired) electrons. The van der Waals surface area contributed by atoms with Gasteiger partial charge in [0.25, 0.3) is 0 Å². The van der Waals surface area contributed by atoms with Gasteiger partial charge in [-0.1, -0.05) is 0 Å². The highest BCUT2D eigenvalue weighted by molar-refractivity contribution is 5.94. The Morgan fingerprint density at radius 1 is 1.16 bits per heavy atom. The fraction of sp³-hybridized carbons (Fsp3) is 0.267. The van der Waals surface area contributed by atoms with Crippen molar-refractivity contribution >= 4 is 5.97 Å². The van der Waals surface area contributed by atoms with Gasteiger partial charge in [0, 0.05) is 11.4 Å². The van der Waals surface area contributed by atoms with E-state index in [4.69, 9.17) is 4.74 Å². The van der Waals surface area contributed by atoms with E-state index in [1.165, 1.54) is 19.2 Å². The second-order valence-corrected chi connectivity index (χ2v) is 4.56. The fourth-order valence-corrected chi connectivity index (χ4v) is 2.32. The SMILES string of the molecule is COC(=O)c1cc(F)cc(C)c1-n1c(C)ccc1C. The molecule has 2 aromatic rings. The molecule has 0 bridgehead atoms. The molecule has 0 saturated heterocycles. The van der Waals surface area contributed by atoms with Gasteiger partial charge in [-0.3, -0.25) is 0 Å². The lowest BCUT2D eigenvalue weighted by atomic mass is 10.1. The number of hydrogen-bond acceptors (Lipinski definition) is 2. The zero-order valence-corrected chi connectivity index (χ0v) is 11.5. The van der Waals surface area contributed by atoms with Crippen LogP contribution in [0.4, 0.5) is 4.39 Å². The molecule has 0 aliphatic heterocycles. The zero-order valence-electron chi connectivity index (χ0n) is 11.5. The first-order valence-corrected chi connectivity index (χ1v) is 5.99. The van der Waals surface area contributed by atoms with E-state index in [0.717, 1.165) is 11.4 Å². The van der Waals surface area contributed by atoms with Gasteiger partial charge in [0.2, 0.25) is 0 Å². The van der Waals surface area contributed by atoms with Gasteiger partial charge in [0.1, 0.15) is 5.82 Å². The van der Waals surface area contributed by atoms with E-state index in [2.05, 4.69) is 0 Å². The van der Waals surface area contributed by atoms with Crippen LogP contribution in [0.5, 0.6) is 0 Å². The third-order valence-electron chi connectivity index (χ3n) is 3.17. The number of methoxy groups -OCH3 is 1. The molecule has 0 amide bonds. The number of hydrogen-bond donors (Lipinski definition) is 0. The number of benzene rings is 1. The van der Waals surface area contributed by atoms with Gasteiger partial charge in [-0.05, 0) is 50.6 Å². The van der Waals surface area contributed by atoms with Crippen LogP contribution in [0, 0.1) is 26.6 Å². The summed E-state index contributed by atoms with van der Waals surface area (Å²) in [6.45, 7) is 5.66. The van der Waals surface area contributed by atoms with Crippen molar-refractivity contribution in [3.8, 4) is 5.69 Å². The number of carbonyl (C=O) groups excluding carboxylic acids is 1. The fourth-order valence-electron chi connectivity index (χ4n) is 2.32. The number of esters is 1. The third kappa shape index (κ3) is 2.26. The smallest absolute Gasteiger partial charge is 0.340 e. The number of nitrogens with zero attached hydrogens (tertiary/aromatic N) is 1. The lowest BCUT2D eigenvalue weighted by molar-refractivity contribution is 0.0600.